The Balaban J connectivity index is 1.52. The summed E-state index contributed by atoms with van der Waals surface area (Å²) in [5.74, 6) is 0.468. The molecule has 0 amide bonds. The molecule has 44 heavy (non-hydrogen) atoms. The van der Waals surface area contributed by atoms with Crippen LogP contribution in [0.25, 0.3) is 21.9 Å². The average molecular weight is 627 g/mol. The Morgan fingerprint density at radius 2 is 1.45 bits per heavy atom. The van der Waals surface area contributed by atoms with Crippen LogP contribution in [-0.2, 0) is 14.2 Å². The van der Waals surface area contributed by atoms with Gasteiger partial charge >= 0.3 is 0 Å². The van der Waals surface area contributed by atoms with Gasteiger partial charge in [0, 0.05) is 18.2 Å². The van der Waals surface area contributed by atoms with Crippen LogP contribution in [0.5, 0.6) is 28.7 Å². The lowest BCUT2D eigenvalue weighted by Crippen LogP contribution is -2.61. The Hall–Kier alpha value is -3.45. The van der Waals surface area contributed by atoms with Gasteiger partial charge in [-0.05, 0) is 0 Å². The maximum absolute atomic E-state index is 14.0. The molecule has 16 nitrogen and oxygen atoms in total. The molecule has 2 aromatic carbocycles. The summed E-state index contributed by atoms with van der Waals surface area (Å²) in [6.07, 6.45) is -14.2. The highest BCUT2D eigenvalue weighted by Crippen LogP contribution is 2.43. The van der Waals surface area contributed by atoms with Crippen molar-refractivity contribution in [3.05, 3.63) is 28.4 Å². The lowest BCUT2D eigenvalue weighted by Gasteiger charge is -2.41. The highest BCUT2D eigenvalue weighted by molar-refractivity contribution is 6.00. The lowest BCUT2D eigenvalue weighted by molar-refractivity contribution is -0.307. The molecule has 6 N–H and O–H groups in total. The van der Waals surface area contributed by atoms with Crippen molar-refractivity contribution >= 4 is 21.9 Å². The minimum absolute atomic E-state index is 0.0114. The molecule has 9 atom stereocenters. The number of benzene rings is 2. The van der Waals surface area contributed by atoms with E-state index in [1.54, 1.807) is 0 Å². The zero-order valence-electron chi connectivity index (χ0n) is 24.1. The average Bonchev–Trinajstić information content (AvgIpc) is 3.02. The van der Waals surface area contributed by atoms with Crippen molar-refractivity contribution in [3.63, 3.8) is 0 Å². The smallest absolute Gasteiger partial charge is 0.229 e. The number of hydrogen-bond donors (Lipinski definition) is 6. The van der Waals surface area contributed by atoms with Gasteiger partial charge in [0.2, 0.25) is 11.7 Å². The van der Waals surface area contributed by atoms with E-state index in [1.165, 1.54) is 46.6 Å². The second-order valence-electron chi connectivity index (χ2n) is 10.2. The monoisotopic (exact) mass is 626 g/mol. The normalized spacial score (nSPS) is 30.7. The third kappa shape index (κ3) is 5.60. The minimum atomic E-state index is -1.81. The van der Waals surface area contributed by atoms with Gasteiger partial charge in [-0.3, -0.25) is 4.79 Å². The molecule has 2 aliphatic heterocycles. The molecule has 16 heteroatoms. The van der Waals surface area contributed by atoms with Crippen molar-refractivity contribution in [2.75, 3.05) is 41.7 Å². The molecule has 0 aliphatic carbocycles. The Kier molecular flexibility index (Phi) is 9.36. The fourth-order valence-corrected chi connectivity index (χ4v) is 5.12. The summed E-state index contributed by atoms with van der Waals surface area (Å²) in [6.45, 7) is -0.829. The third-order valence-electron chi connectivity index (χ3n) is 7.54. The molecule has 3 aromatic rings. The predicted octanol–water partition coefficient (Wildman–Crippen LogP) is -1.38. The summed E-state index contributed by atoms with van der Waals surface area (Å²) < 4.78 is 50.0. The summed E-state index contributed by atoms with van der Waals surface area (Å²) in [4.78, 5) is 14.0. The molecular formula is C28H34O16. The zero-order chi connectivity index (χ0) is 31.9. The Labute approximate surface area is 249 Å². The Morgan fingerprint density at radius 1 is 0.750 bits per heavy atom. The van der Waals surface area contributed by atoms with E-state index in [1.807, 2.05) is 0 Å². The first-order valence-electron chi connectivity index (χ1n) is 13.5. The van der Waals surface area contributed by atoms with Crippen LogP contribution in [0.3, 0.4) is 0 Å². The lowest BCUT2D eigenvalue weighted by atomic mass is 9.99. The van der Waals surface area contributed by atoms with Crippen molar-refractivity contribution in [2.45, 2.75) is 55.3 Å². The Morgan fingerprint density at radius 3 is 2.11 bits per heavy atom. The van der Waals surface area contributed by atoms with E-state index in [4.69, 9.17) is 42.3 Å². The quantitative estimate of drug-likeness (QED) is 0.151. The maximum atomic E-state index is 14.0. The van der Waals surface area contributed by atoms with Crippen LogP contribution in [0.1, 0.15) is 0 Å². The van der Waals surface area contributed by atoms with Crippen LogP contribution in [0.4, 0.5) is 0 Å². The maximum Gasteiger partial charge on any atom is 0.229 e. The minimum Gasteiger partial charge on any atom is -0.496 e. The molecule has 0 spiro atoms. The van der Waals surface area contributed by atoms with Crippen LogP contribution in [-0.4, -0.2) is 128 Å². The molecule has 0 saturated carbocycles. The first-order valence-corrected chi connectivity index (χ1v) is 13.5. The van der Waals surface area contributed by atoms with Crippen molar-refractivity contribution < 1.29 is 73.0 Å². The summed E-state index contributed by atoms with van der Waals surface area (Å²) >= 11 is 0. The van der Waals surface area contributed by atoms with Gasteiger partial charge in [-0.1, -0.05) is 0 Å². The number of methoxy groups -OCH3 is 4. The molecule has 5 rings (SSSR count). The van der Waals surface area contributed by atoms with E-state index in [-0.39, 0.29) is 57.3 Å². The second kappa shape index (κ2) is 12.9. The number of fused-ring (bicyclic) bond motifs is 2. The van der Waals surface area contributed by atoms with Gasteiger partial charge in [0.25, 0.3) is 0 Å². The topological polar surface area (TPSA) is 225 Å². The predicted molar refractivity (Wildman–Crippen MR) is 147 cm³/mol. The van der Waals surface area contributed by atoms with Gasteiger partial charge in [-0.15, -0.1) is 0 Å². The molecule has 2 saturated heterocycles. The fraction of sp³-hybridized carbons (Fsp3) is 0.536. The largest absolute Gasteiger partial charge is 0.496 e. The summed E-state index contributed by atoms with van der Waals surface area (Å²) in [6, 6.07) is 4.27. The van der Waals surface area contributed by atoms with Gasteiger partial charge in [0.1, 0.15) is 70.6 Å². The fourth-order valence-electron chi connectivity index (χ4n) is 5.12. The van der Waals surface area contributed by atoms with Crippen molar-refractivity contribution in [1.29, 1.82) is 0 Å². The van der Waals surface area contributed by atoms with E-state index in [0.717, 1.165) is 0 Å². The highest BCUT2D eigenvalue weighted by atomic mass is 16.7. The zero-order valence-corrected chi connectivity index (χ0v) is 24.1. The van der Waals surface area contributed by atoms with E-state index < -0.39 is 67.3 Å². The van der Waals surface area contributed by atoms with Gasteiger partial charge in [0.15, 0.2) is 29.1 Å². The number of rotatable bonds is 9. The number of aliphatic hydroxyl groups excluding tert-OH is 6. The highest BCUT2D eigenvalue weighted by Gasteiger charge is 2.46. The van der Waals surface area contributed by atoms with E-state index >= 15 is 0 Å². The summed E-state index contributed by atoms with van der Waals surface area (Å²) in [5.41, 5.74) is -0.559. The third-order valence-corrected chi connectivity index (χ3v) is 7.54. The summed E-state index contributed by atoms with van der Waals surface area (Å²) in [5, 5.41) is 61.5. The number of aliphatic hydroxyl groups is 6. The van der Waals surface area contributed by atoms with Crippen LogP contribution in [0.2, 0.25) is 0 Å². The molecule has 242 valence electrons. The first kappa shape index (κ1) is 32.0. The standard InChI is InChI=1S/C28H34O16/c1-36-10-5-12-17(21(32)18-25(39-4)14(37-2)7-15(38-3)26(18)42-12)13(6-10)43-28-24(35)22(33)20(31)16(44-28)9-41-27-23(34)19(30)11(29)8-40-27/h5-7,11,16,19-20,22-24,27-31,33-35H,8-9H2,1-4H3/t11-,16-,19+,20-,22+,23-,24-,27+,28-/m1/s1. The van der Waals surface area contributed by atoms with Gasteiger partial charge < -0.3 is 73.0 Å². The van der Waals surface area contributed by atoms with Crippen LogP contribution in [0.15, 0.2) is 27.4 Å². The van der Waals surface area contributed by atoms with Crippen LogP contribution < -0.4 is 29.1 Å². The van der Waals surface area contributed by atoms with E-state index in [2.05, 4.69) is 0 Å². The molecule has 3 heterocycles. The summed E-state index contributed by atoms with van der Waals surface area (Å²) in [7, 11) is 5.49. The molecule has 2 fully saturated rings. The van der Waals surface area contributed by atoms with Gasteiger partial charge in [-0.2, -0.15) is 0 Å². The molecule has 1 aromatic heterocycles. The van der Waals surface area contributed by atoms with Crippen molar-refractivity contribution in [3.8, 4) is 28.7 Å². The van der Waals surface area contributed by atoms with E-state index in [0.29, 0.717) is 0 Å². The van der Waals surface area contributed by atoms with Crippen LogP contribution in [0, 0.1) is 0 Å². The number of ether oxygens (including phenoxy) is 8. The Bertz CT molecular complexity index is 1540. The SMILES string of the molecule is COc1cc(O[C@@H]2O[C@H](CO[C@@H]3OC[C@@H](O)[C@H](O)[C@H]3O)[C@@H](O)[C@H](O)[C@H]2O)c2c(=O)c3c(OC)c(OC)cc(OC)c3oc2c1. The first-order chi connectivity index (χ1) is 21.0. The molecule has 0 radical (unpaired) electrons. The van der Waals surface area contributed by atoms with E-state index in [9.17, 15) is 35.4 Å². The second-order valence-corrected chi connectivity index (χ2v) is 10.2. The van der Waals surface area contributed by atoms with Crippen molar-refractivity contribution in [2.24, 2.45) is 0 Å². The van der Waals surface area contributed by atoms with Gasteiger partial charge in [-0.25, -0.2) is 0 Å². The molecular weight excluding hydrogens is 592 g/mol. The molecule has 0 bridgehead atoms. The van der Waals surface area contributed by atoms with Crippen molar-refractivity contribution in [1.82, 2.24) is 0 Å². The van der Waals surface area contributed by atoms with Gasteiger partial charge in [0.05, 0.1) is 41.7 Å². The molecule has 2 aliphatic rings. The van der Waals surface area contributed by atoms with Crippen LogP contribution >= 0.6 is 0 Å². The number of hydrogen-bond acceptors (Lipinski definition) is 16. The molecule has 0 unspecified atom stereocenters.